The number of dihydropyridines is 1. The van der Waals surface area contributed by atoms with Crippen LogP contribution in [-0.2, 0) is 9.59 Å². The van der Waals surface area contributed by atoms with Gasteiger partial charge in [0.25, 0.3) is 5.91 Å². The fourth-order valence-electron chi connectivity index (χ4n) is 1.59. The van der Waals surface area contributed by atoms with E-state index in [-0.39, 0.29) is 5.71 Å². The molecule has 2 aliphatic rings. The van der Waals surface area contributed by atoms with Crippen LogP contribution in [0.25, 0.3) is 0 Å². The Hall–Kier alpha value is -2.31. The van der Waals surface area contributed by atoms with Gasteiger partial charge in [-0.25, -0.2) is 14.5 Å². The smallest absolute Gasteiger partial charge is 0.351 e. The number of hydrogen-bond donors (Lipinski definition) is 1. The van der Waals surface area contributed by atoms with Crippen LogP contribution in [0.2, 0.25) is 0 Å². The first-order chi connectivity index (χ1) is 8.02. The molecule has 0 saturated carbocycles. The van der Waals surface area contributed by atoms with E-state index in [4.69, 9.17) is 5.11 Å². The van der Waals surface area contributed by atoms with Crippen molar-refractivity contribution in [2.45, 2.75) is 19.0 Å². The predicted molar refractivity (Wildman–Crippen MR) is 58.2 cm³/mol. The highest BCUT2D eigenvalue weighted by Crippen LogP contribution is 2.17. The number of carbonyl (C=O) groups excluding carboxylic acids is 2. The van der Waals surface area contributed by atoms with E-state index in [1.165, 1.54) is 19.2 Å². The zero-order chi connectivity index (χ0) is 12.6. The number of carboxylic acids is 1. The molecule has 1 N–H and O–H groups in total. The summed E-state index contributed by atoms with van der Waals surface area (Å²) in [5.74, 6) is -1.92. The maximum Gasteiger partial charge on any atom is 0.351 e. The van der Waals surface area contributed by atoms with Crippen molar-refractivity contribution in [2.75, 3.05) is 0 Å². The number of fused-ring (bicyclic) bond motifs is 1. The van der Waals surface area contributed by atoms with E-state index < -0.39 is 30.0 Å². The molecule has 2 rings (SSSR count). The normalized spacial score (nSPS) is 24.4. The summed E-state index contributed by atoms with van der Waals surface area (Å²) < 4.78 is 0. The number of urea groups is 1. The Morgan fingerprint density at radius 2 is 2.24 bits per heavy atom. The molecule has 3 amide bonds. The molecule has 0 spiro atoms. The molecule has 2 unspecified atom stereocenters. The van der Waals surface area contributed by atoms with Gasteiger partial charge in [0, 0.05) is 6.21 Å². The van der Waals surface area contributed by atoms with Crippen LogP contribution >= 0.6 is 0 Å². The number of rotatable bonds is 2. The quantitative estimate of drug-likeness (QED) is 0.720. The molecule has 0 aliphatic carbocycles. The summed E-state index contributed by atoms with van der Waals surface area (Å²) in [5, 5.41) is 8.82. The second-order valence-electron chi connectivity index (χ2n) is 3.60. The molecule has 17 heavy (non-hydrogen) atoms. The molecule has 0 saturated heterocycles. The van der Waals surface area contributed by atoms with Gasteiger partial charge in [-0.3, -0.25) is 9.79 Å². The molecule has 0 bridgehead atoms. The average Bonchev–Trinajstić information content (AvgIpc) is 2.28. The van der Waals surface area contributed by atoms with Crippen LogP contribution in [0.1, 0.15) is 6.92 Å². The van der Waals surface area contributed by atoms with E-state index in [2.05, 4.69) is 9.98 Å². The molecule has 7 heteroatoms. The van der Waals surface area contributed by atoms with E-state index in [0.717, 1.165) is 0 Å². The third-order valence-corrected chi connectivity index (χ3v) is 2.52. The fourth-order valence-corrected chi connectivity index (χ4v) is 1.59. The van der Waals surface area contributed by atoms with Crippen LogP contribution in [0.4, 0.5) is 4.79 Å². The lowest BCUT2D eigenvalue weighted by Gasteiger charge is -2.29. The Bertz CT molecular complexity index is 492. The lowest BCUT2D eigenvalue weighted by molar-refractivity contribution is -0.146. The monoisotopic (exact) mass is 235 g/mol. The summed E-state index contributed by atoms with van der Waals surface area (Å²) in [6, 6.07) is -3.01. The van der Waals surface area contributed by atoms with Crippen molar-refractivity contribution >= 4 is 29.8 Å². The average molecular weight is 235 g/mol. The van der Waals surface area contributed by atoms with Crippen LogP contribution in [0.5, 0.6) is 0 Å². The summed E-state index contributed by atoms with van der Waals surface area (Å²) in [6.45, 7) is 1.25. The van der Waals surface area contributed by atoms with Crippen molar-refractivity contribution in [3.05, 3.63) is 12.2 Å². The number of aliphatic imine (C=N–C) groups is 2. The number of aliphatic carboxylic acids is 1. The fraction of sp³-hybridized carbons (Fsp3) is 0.300. The Balaban J connectivity index is 2.39. The Kier molecular flexibility index (Phi) is 2.58. The Labute approximate surface area is 96.2 Å². The minimum atomic E-state index is -1.26. The molecular formula is C10H9N3O4. The molecule has 0 fully saturated rings. The van der Waals surface area contributed by atoms with Gasteiger partial charge in [-0.1, -0.05) is 0 Å². The summed E-state index contributed by atoms with van der Waals surface area (Å²) in [4.78, 5) is 42.5. The molecule has 0 aromatic carbocycles. The maximum atomic E-state index is 11.9. The number of hydrogen-bond acceptors (Lipinski definition) is 4. The highest BCUT2D eigenvalue weighted by Gasteiger charge is 2.41. The zero-order valence-electron chi connectivity index (χ0n) is 8.90. The van der Waals surface area contributed by atoms with Gasteiger partial charge in [0.2, 0.25) is 0 Å². The number of amides is 3. The highest BCUT2D eigenvalue weighted by atomic mass is 16.4. The molecule has 88 valence electrons. The van der Waals surface area contributed by atoms with Crippen LogP contribution in [0.3, 0.4) is 0 Å². The molecule has 0 aromatic rings. The third-order valence-electron chi connectivity index (χ3n) is 2.52. The van der Waals surface area contributed by atoms with Gasteiger partial charge in [0.15, 0.2) is 6.04 Å². The summed E-state index contributed by atoms with van der Waals surface area (Å²) in [5.41, 5.74) is 0.247. The van der Waals surface area contributed by atoms with Crippen molar-refractivity contribution in [1.29, 1.82) is 0 Å². The Morgan fingerprint density at radius 3 is 2.88 bits per heavy atom. The van der Waals surface area contributed by atoms with Gasteiger partial charge in [-0.15, -0.1) is 0 Å². The topological polar surface area (TPSA) is 99.4 Å². The van der Waals surface area contributed by atoms with Crippen LogP contribution in [0, 0.1) is 0 Å². The molecule has 2 aliphatic heterocycles. The number of carboxylic acid groups (broad SMARTS) is 1. The van der Waals surface area contributed by atoms with Crippen molar-refractivity contribution in [3.8, 4) is 0 Å². The first-order valence-corrected chi connectivity index (χ1v) is 4.90. The van der Waals surface area contributed by atoms with E-state index in [1.807, 2.05) is 0 Å². The summed E-state index contributed by atoms with van der Waals surface area (Å²) in [6.07, 6.45) is 4.49. The van der Waals surface area contributed by atoms with E-state index in [0.29, 0.717) is 4.90 Å². The molecular weight excluding hydrogens is 226 g/mol. The van der Waals surface area contributed by atoms with Gasteiger partial charge in [0.05, 0.1) is 5.71 Å². The molecule has 7 nitrogen and oxygen atoms in total. The van der Waals surface area contributed by atoms with E-state index >= 15 is 0 Å². The molecule has 0 radical (unpaired) electrons. The van der Waals surface area contributed by atoms with Gasteiger partial charge < -0.3 is 5.11 Å². The van der Waals surface area contributed by atoms with Gasteiger partial charge in [-0.2, -0.15) is 4.99 Å². The third kappa shape index (κ3) is 1.75. The SMILES string of the molecule is CC(C(=O)O)N1C(=O)N=C2C=CC=NC2C1=O. The van der Waals surface area contributed by atoms with Crippen molar-refractivity contribution in [3.63, 3.8) is 0 Å². The van der Waals surface area contributed by atoms with E-state index in [9.17, 15) is 14.4 Å². The highest BCUT2D eigenvalue weighted by molar-refractivity contribution is 6.25. The second-order valence-corrected chi connectivity index (χ2v) is 3.60. The number of allylic oxidation sites excluding steroid dienone is 1. The summed E-state index contributed by atoms with van der Waals surface area (Å²) in [7, 11) is 0. The van der Waals surface area contributed by atoms with E-state index in [1.54, 1.807) is 6.08 Å². The number of carbonyl (C=O) groups is 3. The minimum Gasteiger partial charge on any atom is -0.480 e. The molecule has 2 atom stereocenters. The zero-order valence-corrected chi connectivity index (χ0v) is 8.90. The van der Waals surface area contributed by atoms with Gasteiger partial charge in [0.1, 0.15) is 6.04 Å². The van der Waals surface area contributed by atoms with Crippen LogP contribution in [0.15, 0.2) is 22.1 Å². The van der Waals surface area contributed by atoms with Gasteiger partial charge >= 0.3 is 12.0 Å². The largest absolute Gasteiger partial charge is 0.480 e. The first-order valence-electron chi connectivity index (χ1n) is 4.90. The number of nitrogens with zero attached hydrogens (tertiary/aromatic N) is 3. The first kappa shape index (κ1) is 11.2. The summed E-state index contributed by atoms with van der Waals surface area (Å²) >= 11 is 0. The lowest BCUT2D eigenvalue weighted by atomic mass is 10.1. The minimum absolute atomic E-state index is 0.247. The second kappa shape index (κ2) is 3.93. The maximum absolute atomic E-state index is 11.9. The van der Waals surface area contributed by atoms with Crippen LogP contribution in [-0.4, -0.2) is 51.9 Å². The number of imide groups is 1. The van der Waals surface area contributed by atoms with Crippen LogP contribution < -0.4 is 0 Å². The Morgan fingerprint density at radius 1 is 1.53 bits per heavy atom. The van der Waals surface area contributed by atoms with Crippen molar-refractivity contribution in [1.82, 2.24) is 4.90 Å². The molecule has 2 heterocycles. The predicted octanol–water partition coefficient (Wildman–Crippen LogP) is -0.128. The lowest BCUT2D eigenvalue weighted by Crippen LogP contribution is -2.54. The van der Waals surface area contributed by atoms with Crippen molar-refractivity contribution in [2.24, 2.45) is 9.98 Å². The standard InChI is InChI=1S/C10H9N3O4/c1-5(9(15)16)13-8(14)7-6(12-10(13)17)3-2-4-11-7/h2-5,7H,1H3,(H,15,16). The van der Waals surface area contributed by atoms with Crippen molar-refractivity contribution < 1.29 is 19.5 Å². The molecule has 0 aromatic heterocycles. The van der Waals surface area contributed by atoms with Gasteiger partial charge in [-0.05, 0) is 19.1 Å².